The van der Waals surface area contributed by atoms with Crippen LogP contribution in [0.15, 0.2) is 24.3 Å². The highest BCUT2D eigenvalue weighted by Gasteiger charge is 2.08. The van der Waals surface area contributed by atoms with Gasteiger partial charge in [-0.15, -0.1) is 6.42 Å². The molecule has 2 unspecified atom stereocenters. The van der Waals surface area contributed by atoms with Crippen molar-refractivity contribution in [1.82, 2.24) is 5.32 Å². The van der Waals surface area contributed by atoms with E-state index in [-0.39, 0.29) is 12.6 Å². The molecule has 19 heavy (non-hydrogen) atoms. The molecule has 0 heterocycles. The maximum Gasteiger partial charge on any atom is 0.148 e. The fraction of sp³-hybridized carbons (Fsp3) is 0.467. The van der Waals surface area contributed by atoms with Crippen molar-refractivity contribution < 1.29 is 14.6 Å². The average Bonchev–Trinajstić information content (AvgIpc) is 2.43. The van der Waals surface area contributed by atoms with Crippen molar-refractivity contribution >= 4 is 0 Å². The average molecular weight is 263 g/mol. The minimum Gasteiger partial charge on any atom is -0.481 e. The van der Waals surface area contributed by atoms with Gasteiger partial charge in [0, 0.05) is 19.7 Å². The lowest BCUT2D eigenvalue weighted by Gasteiger charge is -2.17. The maximum atomic E-state index is 9.56. The Morgan fingerprint density at radius 3 is 2.63 bits per heavy atom. The van der Waals surface area contributed by atoms with E-state index in [0.717, 1.165) is 11.3 Å². The van der Waals surface area contributed by atoms with Crippen molar-refractivity contribution in [3.05, 3.63) is 29.8 Å². The third-order valence-corrected chi connectivity index (χ3v) is 2.72. The van der Waals surface area contributed by atoms with Crippen molar-refractivity contribution in [3.63, 3.8) is 0 Å². The molecule has 1 aromatic rings. The predicted molar refractivity (Wildman–Crippen MR) is 75.1 cm³/mol. The first-order chi connectivity index (χ1) is 9.17. The summed E-state index contributed by atoms with van der Waals surface area (Å²) in [6.07, 6.45) is 4.63. The van der Waals surface area contributed by atoms with Gasteiger partial charge in [-0.05, 0) is 24.6 Å². The van der Waals surface area contributed by atoms with E-state index in [1.807, 2.05) is 31.2 Å². The monoisotopic (exact) mass is 263 g/mol. The van der Waals surface area contributed by atoms with E-state index in [1.165, 1.54) is 0 Å². The van der Waals surface area contributed by atoms with Gasteiger partial charge in [0.25, 0.3) is 0 Å². The fourth-order valence-corrected chi connectivity index (χ4v) is 1.66. The summed E-state index contributed by atoms with van der Waals surface area (Å²) in [4.78, 5) is 0. The molecule has 0 aromatic heterocycles. The normalized spacial score (nSPS) is 13.6. The lowest BCUT2D eigenvalue weighted by Crippen LogP contribution is -2.31. The molecule has 4 heteroatoms. The lowest BCUT2D eigenvalue weighted by atomic mass is 10.1. The summed E-state index contributed by atoms with van der Waals surface area (Å²) in [6, 6.07) is 7.87. The Morgan fingerprint density at radius 1 is 1.37 bits per heavy atom. The molecule has 0 saturated carbocycles. The highest BCUT2D eigenvalue weighted by atomic mass is 16.5. The number of rotatable bonds is 8. The molecule has 0 aliphatic heterocycles. The molecule has 0 spiro atoms. The van der Waals surface area contributed by atoms with Gasteiger partial charge in [-0.2, -0.15) is 0 Å². The summed E-state index contributed by atoms with van der Waals surface area (Å²) in [5, 5.41) is 12.8. The fourth-order valence-electron chi connectivity index (χ4n) is 1.66. The third-order valence-electron chi connectivity index (χ3n) is 2.72. The minimum atomic E-state index is -0.495. The van der Waals surface area contributed by atoms with E-state index >= 15 is 0 Å². The number of ether oxygens (including phenoxy) is 2. The highest BCUT2D eigenvalue weighted by molar-refractivity contribution is 5.29. The molecule has 1 rings (SSSR count). The molecule has 0 fully saturated rings. The van der Waals surface area contributed by atoms with Crippen LogP contribution < -0.4 is 10.1 Å². The molecule has 1 aromatic carbocycles. The van der Waals surface area contributed by atoms with Crippen LogP contribution in [0.25, 0.3) is 0 Å². The summed E-state index contributed by atoms with van der Waals surface area (Å²) >= 11 is 0. The van der Waals surface area contributed by atoms with E-state index in [2.05, 4.69) is 11.2 Å². The summed E-state index contributed by atoms with van der Waals surface area (Å²) in [6.45, 7) is 3.14. The number of aliphatic hydroxyl groups is 1. The van der Waals surface area contributed by atoms with Crippen LogP contribution in [-0.2, 0) is 4.74 Å². The smallest absolute Gasteiger partial charge is 0.148 e. The van der Waals surface area contributed by atoms with Crippen LogP contribution in [0.5, 0.6) is 5.75 Å². The van der Waals surface area contributed by atoms with Gasteiger partial charge in [-0.1, -0.05) is 18.1 Å². The van der Waals surface area contributed by atoms with E-state index in [0.29, 0.717) is 13.2 Å². The molecule has 2 N–H and O–H groups in total. The first kappa shape index (κ1) is 15.5. The molecule has 0 saturated heterocycles. The number of benzene rings is 1. The van der Waals surface area contributed by atoms with Gasteiger partial charge in [-0.25, -0.2) is 0 Å². The van der Waals surface area contributed by atoms with Gasteiger partial charge in [0.2, 0.25) is 0 Å². The van der Waals surface area contributed by atoms with Crippen molar-refractivity contribution in [2.75, 3.05) is 26.9 Å². The number of hydrogen-bond donors (Lipinski definition) is 2. The highest BCUT2D eigenvalue weighted by Crippen LogP contribution is 2.17. The largest absolute Gasteiger partial charge is 0.481 e. The summed E-state index contributed by atoms with van der Waals surface area (Å²) in [5.41, 5.74) is 1.12. The van der Waals surface area contributed by atoms with Crippen LogP contribution in [-0.4, -0.2) is 38.1 Å². The lowest BCUT2D eigenvalue weighted by molar-refractivity contribution is 0.0630. The minimum absolute atomic E-state index is 0.146. The molecule has 0 aliphatic carbocycles. The van der Waals surface area contributed by atoms with Crippen LogP contribution in [0.2, 0.25) is 0 Å². The Labute approximate surface area is 114 Å². The second-order valence-electron chi connectivity index (χ2n) is 4.30. The number of methoxy groups -OCH3 is 1. The zero-order valence-electron chi connectivity index (χ0n) is 11.4. The van der Waals surface area contributed by atoms with Crippen LogP contribution in [0.4, 0.5) is 0 Å². The SMILES string of the molecule is C#CCOc1ccc(C(C)NCC(O)COC)cc1. The molecule has 2 atom stereocenters. The summed E-state index contributed by atoms with van der Waals surface area (Å²) < 4.78 is 10.2. The molecular formula is C15H21NO3. The molecule has 0 bridgehead atoms. The molecule has 0 aliphatic rings. The van der Waals surface area contributed by atoms with Crippen LogP contribution in [0.3, 0.4) is 0 Å². The number of terminal acetylenes is 1. The van der Waals surface area contributed by atoms with Crippen molar-refractivity contribution in [3.8, 4) is 18.1 Å². The van der Waals surface area contributed by atoms with Gasteiger partial charge in [0.05, 0.1) is 12.7 Å². The summed E-state index contributed by atoms with van der Waals surface area (Å²) in [5.74, 6) is 3.18. The predicted octanol–water partition coefficient (Wildman–Crippen LogP) is 1.36. The Bertz CT molecular complexity index is 397. The second-order valence-corrected chi connectivity index (χ2v) is 4.30. The van der Waals surface area contributed by atoms with Gasteiger partial charge >= 0.3 is 0 Å². The van der Waals surface area contributed by atoms with E-state index in [4.69, 9.17) is 15.9 Å². The molecular weight excluding hydrogens is 242 g/mol. The molecule has 0 radical (unpaired) electrons. The third kappa shape index (κ3) is 5.75. The van der Waals surface area contributed by atoms with E-state index in [9.17, 15) is 5.11 Å². The van der Waals surface area contributed by atoms with Gasteiger partial charge in [0.15, 0.2) is 0 Å². The van der Waals surface area contributed by atoms with E-state index in [1.54, 1.807) is 7.11 Å². The first-order valence-corrected chi connectivity index (χ1v) is 6.24. The topological polar surface area (TPSA) is 50.7 Å². The zero-order valence-corrected chi connectivity index (χ0v) is 11.4. The van der Waals surface area contributed by atoms with Crippen molar-refractivity contribution in [1.29, 1.82) is 0 Å². The number of aliphatic hydroxyl groups excluding tert-OH is 1. The Morgan fingerprint density at radius 2 is 2.05 bits per heavy atom. The number of nitrogens with one attached hydrogen (secondary N) is 1. The van der Waals surface area contributed by atoms with Crippen molar-refractivity contribution in [2.45, 2.75) is 19.1 Å². The quantitative estimate of drug-likeness (QED) is 0.695. The second kappa shape index (κ2) is 8.54. The van der Waals surface area contributed by atoms with Gasteiger partial charge in [-0.3, -0.25) is 0 Å². The van der Waals surface area contributed by atoms with Crippen LogP contribution >= 0.6 is 0 Å². The zero-order chi connectivity index (χ0) is 14.1. The Kier molecular flexibility index (Phi) is 6.98. The molecule has 0 amide bonds. The Hall–Kier alpha value is -1.54. The van der Waals surface area contributed by atoms with E-state index < -0.39 is 6.10 Å². The van der Waals surface area contributed by atoms with Gasteiger partial charge < -0.3 is 19.9 Å². The van der Waals surface area contributed by atoms with Crippen LogP contribution in [0.1, 0.15) is 18.5 Å². The standard InChI is InChI=1S/C15H21NO3/c1-4-9-19-15-7-5-13(6-8-15)12(2)16-10-14(17)11-18-3/h1,5-8,12,14,16-17H,9-11H2,2-3H3. The Balaban J connectivity index is 2.44. The molecule has 104 valence electrons. The van der Waals surface area contributed by atoms with Gasteiger partial charge in [0.1, 0.15) is 12.4 Å². The molecule has 4 nitrogen and oxygen atoms in total. The maximum absolute atomic E-state index is 9.56. The number of hydrogen-bond acceptors (Lipinski definition) is 4. The summed E-state index contributed by atoms with van der Waals surface area (Å²) in [7, 11) is 1.57. The van der Waals surface area contributed by atoms with Crippen LogP contribution in [0, 0.1) is 12.3 Å². The van der Waals surface area contributed by atoms with Crippen molar-refractivity contribution in [2.24, 2.45) is 0 Å². The first-order valence-electron chi connectivity index (χ1n) is 6.24.